The molecule has 0 fully saturated rings. The van der Waals surface area contributed by atoms with Crippen molar-refractivity contribution in [2.45, 2.75) is 27.0 Å². The molecule has 0 atom stereocenters. The van der Waals surface area contributed by atoms with Crippen molar-refractivity contribution in [2.75, 3.05) is 6.54 Å². The second-order valence-corrected chi connectivity index (χ2v) is 5.56. The van der Waals surface area contributed by atoms with Gasteiger partial charge in [-0.2, -0.15) is 0 Å². The van der Waals surface area contributed by atoms with Gasteiger partial charge in [0.25, 0.3) is 0 Å². The van der Waals surface area contributed by atoms with E-state index in [2.05, 4.69) is 10.3 Å². The molecule has 0 saturated carbocycles. The van der Waals surface area contributed by atoms with E-state index in [0.717, 1.165) is 23.5 Å². The highest BCUT2D eigenvalue weighted by Gasteiger charge is 2.11. The van der Waals surface area contributed by atoms with Crippen molar-refractivity contribution in [3.05, 3.63) is 57.3 Å². The molecule has 0 saturated heterocycles. The third-order valence-electron chi connectivity index (χ3n) is 2.96. The molecule has 1 aromatic heterocycles. The summed E-state index contributed by atoms with van der Waals surface area (Å²) < 4.78 is 5.87. The molecule has 2 rings (SSSR count). The Labute approximate surface area is 135 Å². The van der Waals surface area contributed by atoms with Gasteiger partial charge in [-0.05, 0) is 37.7 Å². The van der Waals surface area contributed by atoms with Crippen molar-refractivity contribution in [1.29, 1.82) is 0 Å². The fourth-order valence-electron chi connectivity index (χ4n) is 1.99. The summed E-state index contributed by atoms with van der Waals surface area (Å²) in [6.45, 7) is 5.90. The van der Waals surface area contributed by atoms with Crippen LogP contribution >= 0.6 is 23.2 Å². The predicted octanol–water partition coefficient (Wildman–Crippen LogP) is 4.39. The third-order valence-corrected chi connectivity index (χ3v) is 3.46. The van der Waals surface area contributed by atoms with Gasteiger partial charge < -0.3 is 10.1 Å². The van der Waals surface area contributed by atoms with Gasteiger partial charge in [0.1, 0.15) is 12.4 Å². The molecule has 3 nitrogen and oxygen atoms in total. The van der Waals surface area contributed by atoms with Crippen LogP contribution in [0.2, 0.25) is 10.0 Å². The number of nitrogens with zero attached hydrogens (tertiary/aromatic N) is 1. The lowest BCUT2D eigenvalue weighted by atomic mass is 10.2. The van der Waals surface area contributed by atoms with Crippen molar-refractivity contribution >= 4 is 23.2 Å². The lowest BCUT2D eigenvalue weighted by Gasteiger charge is -2.14. The fourth-order valence-corrected chi connectivity index (χ4v) is 2.58. The molecular formula is C16H18Cl2N2O. The first-order valence-corrected chi connectivity index (χ1v) is 7.59. The van der Waals surface area contributed by atoms with Gasteiger partial charge in [0, 0.05) is 22.8 Å². The largest absolute Gasteiger partial charge is 0.485 e. The molecule has 0 spiro atoms. The van der Waals surface area contributed by atoms with Crippen molar-refractivity contribution in [2.24, 2.45) is 0 Å². The topological polar surface area (TPSA) is 34.1 Å². The van der Waals surface area contributed by atoms with E-state index in [-0.39, 0.29) is 0 Å². The number of aryl methyl sites for hydroxylation is 1. The summed E-state index contributed by atoms with van der Waals surface area (Å²) in [7, 11) is 0. The van der Waals surface area contributed by atoms with Gasteiger partial charge in [0.2, 0.25) is 0 Å². The third kappa shape index (κ3) is 4.60. The second kappa shape index (κ2) is 7.64. The first kappa shape index (κ1) is 16.1. The van der Waals surface area contributed by atoms with Gasteiger partial charge in [-0.3, -0.25) is 4.98 Å². The maximum atomic E-state index is 6.25. The normalized spacial score (nSPS) is 10.7. The molecule has 21 heavy (non-hydrogen) atoms. The molecule has 0 aliphatic carbocycles. The van der Waals surface area contributed by atoms with Gasteiger partial charge in [0.05, 0.1) is 10.7 Å². The van der Waals surface area contributed by atoms with Crippen molar-refractivity contribution < 1.29 is 4.74 Å². The lowest BCUT2D eigenvalue weighted by molar-refractivity contribution is 0.297. The summed E-state index contributed by atoms with van der Waals surface area (Å²) >= 11 is 12.3. The highest BCUT2D eigenvalue weighted by atomic mass is 35.5. The highest BCUT2D eigenvalue weighted by molar-refractivity contribution is 6.35. The average molecular weight is 325 g/mol. The van der Waals surface area contributed by atoms with Crippen molar-refractivity contribution in [3.63, 3.8) is 0 Å². The number of ether oxygens (including phenoxy) is 1. The first-order valence-electron chi connectivity index (χ1n) is 6.84. The molecule has 1 aromatic carbocycles. The smallest absolute Gasteiger partial charge is 0.143 e. The van der Waals surface area contributed by atoms with E-state index >= 15 is 0 Å². The minimum atomic E-state index is 0.377. The Kier molecular flexibility index (Phi) is 5.85. The molecule has 0 aliphatic heterocycles. The van der Waals surface area contributed by atoms with E-state index in [1.165, 1.54) is 0 Å². The minimum Gasteiger partial charge on any atom is -0.485 e. The summed E-state index contributed by atoms with van der Waals surface area (Å²) in [6.07, 6.45) is 0. The van der Waals surface area contributed by atoms with Crippen LogP contribution in [0.25, 0.3) is 0 Å². The number of hydrogen-bond donors (Lipinski definition) is 1. The van der Waals surface area contributed by atoms with Crippen LogP contribution in [0.4, 0.5) is 0 Å². The van der Waals surface area contributed by atoms with Gasteiger partial charge >= 0.3 is 0 Å². The van der Waals surface area contributed by atoms with Crippen LogP contribution in [0.3, 0.4) is 0 Å². The van der Waals surface area contributed by atoms with E-state index in [0.29, 0.717) is 28.9 Å². The summed E-state index contributed by atoms with van der Waals surface area (Å²) in [5.74, 6) is 0.658. The maximum Gasteiger partial charge on any atom is 0.143 e. The van der Waals surface area contributed by atoms with Gasteiger partial charge in [-0.25, -0.2) is 0 Å². The Morgan fingerprint density at radius 2 is 2.05 bits per heavy atom. The number of halogens is 2. The van der Waals surface area contributed by atoms with E-state index in [1.54, 1.807) is 6.07 Å². The summed E-state index contributed by atoms with van der Waals surface area (Å²) in [6, 6.07) is 9.41. The molecule has 0 bridgehead atoms. The standard InChI is InChI=1S/C16H18Cl2N2O/c1-3-19-9-12-7-13(17)8-15(18)16(12)21-10-14-6-4-5-11(2)20-14/h4-8,19H,3,9-10H2,1-2H3. The van der Waals surface area contributed by atoms with Crippen molar-refractivity contribution in [3.8, 4) is 5.75 Å². The molecule has 2 aromatic rings. The van der Waals surface area contributed by atoms with E-state index in [9.17, 15) is 0 Å². The molecule has 0 unspecified atom stereocenters. The lowest BCUT2D eigenvalue weighted by Crippen LogP contribution is -2.13. The number of rotatable bonds is 6. The number of benzene rings is 1. The number of pyridine rings is 1. The SMILES string of the molecule is CCNCc1cc(Cl)cc(Cl)c1OCc1cccc(C)n1. The van der Waals surface area contributed by atoms with Gasteiger partial charge in [-0.1, -0.05) is 36.2 Å². The van der Waals surface area contributed by atoms with Crippen LogP contribution in [0.15, 0.2) is 30.3 Å². The fraction of sp³-hybridized carbons (Fsp3) is 0.312. The van der Waals surface area contributed by atoms with Crippen molar-refractivity contribution in [1.82, 2.24) is 10.3 Å². The van der Waals surface area contributed by atoms with Crippen LogP contribution in [-0.4, -0.2) is 11.5 Å². The molecular weight excluding hydrogens is 307 g/mol. The summed E-state index contributed by atoms with van der Waals surface area (Å²) in [4.78, 5) is 4.42. The Morgan fingerprint density at radius 1 is 1.24 bits per heavy atom. The van der Waals surface area contributed by atoms with Crippen LogP contribution in [0.5, 0.6) is 5.75 Å². The van der Waals surface area contributed by atoms with Gasteiger partial charge in [0.15, 0.2) is 0 Å². The maximum absolute atomic E-state index is 6.25. The van der Waals surface area contributed by atoms with E-state index < -0.39 is 0 Å². The quantitative estimate of drug-likeness (QED) is 0.855. The number of nitrogens with one attached hydrogen (secondary N) is 1. The Morgan fingerprint density at radius 3 is 2.76 bits per heavy atom. The van der Waals surface area contributed by atoms with Gasteiger partial charge in [-0.15, -0.1) is 0 Å². The molecule has 0 amide bonds. The molecule has 0 aliphatic rings. The molecule has 112 valence electrons. The first-order chi connectivity index (χ1) is 10.1. The molecule has 0 radical (unpaired) electrons. The van der Waals surface area contributed by atoms with Crippen LogP contribution < -0.4 is 10.1 Å². The zero-order valence-corrected chi connectivity index (χ0v) is 13.6. The second-order valence-electron chi connectivity index (χ2n) is 4.72. The Bertz CT molecular complexity index is 617. The van der Waals surface area contributed by atoms with Crippen LogP contribution in [0, 0.1) is 6.92 Å². The van der Waals surface area contributed by atoms with E-state index in [1.807, 2.05) is 38.1 Å². The Balaban J connectivity index is 2.18. The van der Waals surface area contributed by atoms with Crippen LogP contribution in [-0.2, 0) is 13.2 Å². The summed E-state index contributed by atoms with van der Waals surface area (Å²) in [5.41, 5.74) is 2.78. The predicted molar refractivity (Wildman–Crippen MR) is 87.1 cm³/mol. The molecule has 1 heterocycles. The summed E-state index contributed by atoms with van der Waals surface area (Å²) in [5, 5.41) is 4.38. The number of hydrogen-bond acceptors (Lipinski definition) is 3. The molecule has 1 N–H and O–H groups in total. The number of aromatic nitrogens is 1. The monoisotopic (exact) mass is 324 g/mol. The zero-order chi connectivity index (χ0) is 15.2. The zero-order valence-electron chi connectivity index (χ0n) is 12.1. The minimum absolute atomic E-state index is 0.377. The molecule has 5 heteroatoms. The average Bonchev–Trinajstić information content (AvgIpc) is 2.44. The highest BCUT2D eigenvalue weighted by Crippen LogP contribution is 2.33. The Hall–Kier alpha value is -1.29. The van der Waals surface area contributed by atoms with Crippen LogP contribution in [0.1, 0.15) is 23.9 Å². The van der Waals surface area contributed by atoms with E-state index in [4.69, 9.17) is 27.9 Å².